The summed E-state index contributed by atoms with van der Waals surface area (Å²) in [6.07, 6.45) is 5.90. The predicted octanol–water partition coefficient (Wildman–Crippen LogP) is 2.89. The molecule has 7 nitrogen and oxygen atoms in total. The van der Waals surface area contributed by atoms with E-state index in [1.165, 1.54) is 12.8 Å². The van der Waals surface area contributed by atoms with Crippen molar-refractivity contribution in [2.24, 2.45) is 5.92 Å². The second kappa shape index (κ2) is 6.52. The van der Waals surface area contributed by atoms with Gasteiger partial charge in [0.25, 0.3) is 0 Å². The summed E-state index contributed by atoms with van der Waals surface area (Å²) in [5, 5.41) is 8.20. The molecule has 1 saturated carbocycles. The Balaban J connectivity index is 1.55. The molecule has 0 radical (unpaired) electrons. The number of aromatic nitrogens is 3. The summed E-state index contributed by atoms with van der Waals surface area (Å²) in [7, 11) is 0. The lowest BCUT2D eigenvalue weighted by molar-refractivity contribution is -0.133. The molecule has 7 heteroatoms. The quantitative estimate of drug-likeness (QED) is 0.817. The van der Waals surface area contributed by atoms with E-state index < -0.39 is 0 Å². The monoisotopic (exact) mass is 358 g/mol. The van der Waals surface area contributed by atoms with Crippen molar-refractivity contribution in [3.8, 4) is 0 Å². The number of rotatable bonds is 5. The Labute approximate surface area is 153 Å². The standard InChI is InChI=1S/C19H26N4O3/c1-12-16(13(2)25-21-12)9-17(24)23-8-4-7-19(11-23,10-15-5-6-15)18-20-14(3)26-22-18/h15H,4-11H2,1-3H3. The van der Waals surface area contributed by atoms with Crippen molar-refractivity contribution in [1.82, 2.24) is 20.2 Å². The number of carbonyl (C=O) groups is 1. The van der Waals surface area contributed by atoms with Crippen LogP contribution in [0.5, 0.6) is 0 Å². The summed E-state index contributed by atoms with van der Waals surface area (Å²) in [5.41, 5.74) is 1.53. The maximum atomic E-state index is 13.0. The molecule has 3 heterocycles. The Morgan fingerprint density at radius 1 is 1.23 bits per heavy atom. The molecule has 1 unspecified atom stereocenters. The fraction of sp³-hybridized carbons (Fsp3) is 0.684. The lowest BCUT2D eigenvalue weighted by Crippen LogP contribution is -2.49. The highest BCUT2D eigenvalue weighted by atomic mass is 16.5. The second-order valence-corrected chi connectivity index (χ2v) is 7.96. The average Bonchev–Trinajstić information content (AvgIpc) is 3.23. The molecule has 1 saturated heterocycles. The van der Waals surface area contributed by atoms with Gasteiger partial charge in [-0.1, -0.05) is 23.2 Å². The fourth-order valence-corrected chi connectivity index (χ4v) is 4.19. The van der Waals surface area contributed by atoms with Crippen molar-refractivity contribution in [3.63, 3.8) is 0 Å². The summed E-state index contributed by atoms with van der Waals surface area (Å²) in [5.74, 6) is 2.95. The van der Waals surface area contributed by atoms with Gasteiger partial charge in [0.2, 0.25) is 11.8 Å². The van der Waals surface area contributed by atoms with E-state index in [4.69, 9.17) is 9.05 Å². The predicted molar refractivity (Wildman–Crippen MR) is 93.5 cm³/mol. The second-order valence-electron chi connectivity index (χ2n) is 7.96. The highest BCUT2D eigenvalue weighted by Crippen LogP contribution is 2.45. The molecule has 1 atom stereocenters. The van der Waals surface area contributed by atoms with Gasteiger partial charge in [-0.15, -0.1) is 0 Å². The third kappa shape index (κ3) is 3.27. The van der Waals surface area contributed by atoms with Crippen LogP contribution in [0.1, 0.15) is 60.8 Å². The first kappa shape index (κ1) is 17.2. The number of nitrogens with zero attached hydrogens (tertiary/aromatic N) is 4. The molecule has 140 valence electrons. The molecule has 0 bridgehead atoms. The van der Waals surface area contributed by atoms with Crippen LogP contribution in [0.3, 0.4) is 0 Å². The van der Waals surface area contributed by atoms with Crippen molar-refractivity contribution >= 4 is 5.91 Å². The Kier molecular flexibility index (Phi) is 4.32. The number of hydrogen-bond acceptors (Lipinski definition) is 6. The molecule has 2 aromatic heterocycles. The maximum absolute atomic E-state index is 13.0. The molecule has 2 fully saturated rings. The molecule has 0 spiro atoms. The van der Waals surface area contributed by atoms with Gasteiger partial charge in [-0.2, -0.15) is 4.98 Å². The summed E-state index contributed by atoms with van der Waals surface area (Å²) in [6, 6.07) is 0. The highest BCUT2D eigenvalue weighted by Gasteiger charge is 2.45. The van der Waals surface area contributed by atoms with Gasteiger partial charge in [0, 0.05) is 25.6 Å². The topological polar surface area (TPSA) is 85.3 Å². The van der Waals surface area contributed by atoms with E-state index in [2.05, 4.69) is 15.3 Å². The van der Waals surface area contributed by atoms with Crippen molar-refractivity contribution in [2.75, 3.05) is 13.1 Å². The number of aryl methyl sites for hydroxylation is 3. The smallest absolute Gasteiger partial charge is 0.227 e. The van der Waals surface area contributed by atoms with Crippen LogP contribution in [0.4, 0.5) is 0 Å². The van der Waals surface area contributed by atoms with Gasteiger partial charge in [-0.25, -0.2) is 0 Å². The molecular weight excluding hydrogens is 332 g/mol. The van der Waals surface area contributed by atoms with E-state index in [-0.39, 0.29) is 11.3 Å². The highest BCUT2D eigenvalue weighted by molar-refractivity contribution is 5.79. The van der Waals surface area contributed by atoms with Gasteiger partial charge in [0.15, 0.2) is 5.82 Å². The third-order valence-electron chi connectivity index (χ3n) is 5.82. The van der Waals surface area contributed by atoms with E-state index in [0.717, 1.165) is 54.6 Å². The van der Waals surface area contributed by atoms with Gasteiger partial charge in [-0.05, 0) is 39.0 Å². The zero-order chi connectivity index (χ0) is 18.3. The number of amides is 1. The van der Waals surface area contributed by atoms with Crippen molar-refractivity contribution in [3.05, 3.63) is 28.7 Å². The Bertz CT molecular complexity index is 788. The minimum atomic E-state index is -0.175. The van der Waals surface area contributed by atoms with Crippen LogP contribution in [0.2, 0.25) is 0 Å². The molecule has 1 aliphatic heterocycles. The number of likely N-dealkylation sites (tertiary alicyclic amines) is 1. The van der Waals surface area contributed by atoms with Crippen molar-refractivity contribution in [2.45, 2.75) is 64.7 Å². The first-order chi connectivity index (χ1) is 12.5. The third-order valence-corrected chi connectivity index (χ3v) is 5.82. The van der Waals surface area contributed by atoms with Crippen LogP contribution in [0, 0.1) is 26.7 Å². The summed E-state index contributed by atoms with van der Waals surface area (Å²) in [6.45, 7) is 7.02. The van der Waals surface area contributed by atoms with E-state index in [1.54, 1.807) is 0 Å². The van der Waals surface area contributed by atoms with Crippen LogP contribution >= 0.6 is 0 Å². The van der Waals surface area contributed by atoms with E-state index in [0.29, 0.717) is 18.9 Å². The molecular formula is C19H26N4O3. The first-order valence-corrected chi connectivity index (χ1v) is 9.47. The molecule has 2 aromatic rings. The Morgan fingerprint density at radius 3 is 2.65 bits per heavy atom. The zero-order valence-corrected chi connectivity index (χ0v) is 15.7. The minimum absolute atomic E-state index is 0.125. The molecule has 26 heavy (non-hydrogen) atoms. The SMILES string of the molecule is Cc1nc(C2(CC3CC3)CCCN(C(=O)Cc3c(C)noc3C)C2)no1. The molecule has 4 rings (SSSR count). The molecule has 0 aromatic carbocycles. The molecule has 1 aliphatic carbocycles. The Hall–Kier alpha value is -2.18. The minimum Gasteiger partial charge on any atom is -0.361 e. The normalized spacial score (nSPS) is 23.4. The van der Waals surface area contributed by atoms with Gasteiger partial charge in [0.05, 0.1) is 17.5 Å². The average molecular weight is 358 g/mol. The zero-order valence-electron chi connectivity index (χ0n) is 15.7. The summed E-state index contributed by atoms with van der Waals surface area (Å²) in [4.78, 5) is 19.5. The lowest BCUT2D eigenvalue weighted by atomic mass is 9.74. The van der Waals surface area contributed by atoms with Gasteiger partial charge in [0.1, 0.15) is 5.76 Å². The van der Waals surface area contributed by atoms with E-state index in [1.807, 2.05) is 25.7 Å². The van der Waals surface area contributed by atoms with E-state index >= 15 is 0 Å². The summed E-state index contributed by atoms with van der Waals surface area (Å²) >= 11 is 0. The van der Waals surface area contributed by atoms with Crippen molar-refractivity contribution < 1.29 is 13.8 Å². The van der Waals surface area contributed by atoms with Gasteiger partial charge >= 0.3 is 0 Å². The molecule has 1 amide bonds. The number of carbonyl (C=O) groups excluding carboxylic acids is 1. The van der Waals surface area contributed by atoms with Gasteiger partial charge in [-0.3, -0.25) is 4.79 Å². The van der Waals surface area contributed by atoms with Crippen LogP contribution in [-0.2, 0) is 16.6 Å². The molecule has 0 N–H and O–H groups in total. The lowest BCUT2D eigenvalue weighted by Gasteiger charge is -2.41. The Morgan fingerprint density at radius 2 is 2.04 bits per heavy atom. The van der Waals surface area contributed by atoms with Crippen LogP contribution < -0.4 is 0 Å². The molecule has 2 aliphatic rings. The maximum Gasteiger partial charge on any atom is 0.227 e. The van der Waals surface area contributed by atoms with Crippen LogP contribution in [0.15, 0.2) is 9.05 Å². The summed E-state index contributed by atoms with van der Waals surface area (Å²) < 4.78 is 10.5. The number of piperidine rings is 1. The first-order valence-electron chi connectivity index (χ1n) is 9.47. The number of hydrogen-bond donors (Lipinski definition) is 0. The fourth-order valence-electron chi connectivity index (χ4n) is 4.19. The largest absolute Gasteiger partial charge is 0.361 e. The van der Waals surface area contributed by atoms with Gasteiger partial charge < -0.3 is 13.9 Å². The van der Waals surface area contributed by atoms with E-state index in [9.17, 15) is 4.79 Å². The van der Waals surface area contributed by atoms with Crippen LogP contribution in [-0.4, -0.2) is 39.2 Å². The van der Waals surface area contributed by atoms with Crippen molar-refractivity contribution in [1.29, 1.82) is 0 Å². The van der Waals surface area contributed by atoms with Crippen LogP contribution in [0.25, 0.3) is 0 Å².